The number of nitrogens with zero attached hydrogens (tertiary/aromatic N) is 2. The molecule has 0 N–H and O–H groups in total. The van der Waals surface area contributed by atoms with Crippen LogP contribution in [0.2, 0.25) is 0 Å². The standard InChI is InChI=1S/C18H20N2O2/c1-19-15-7-11-10-5-3-4-6-14(10)20(2)17(11)16(19)8-12-13(15)9-22-18(12)21/h3-6,12-13,15-16H,7-9H2,1-2H3/t12-,13-,15-,16+/m1/s1. The highest BCUT2D eigenvalue weighted by Gasteiger charge is 2.52. The maximum Gasteiger partial charge on any atom is 0.309 e. The van der Waals surface area contributed by atoms with Crippen molar-refractivity contribution in [2.45, 2.75) is 24.9 Å². The van der Waals surface area contributed by atoms with Gasteiger partial charge >= 0.3 is 5.97 Å². The summed E-state index contributed by atoms with van der Waals surface area (Å²) in [5.41, 5.74) is 4.20. The summed E-state index contributed by atoms with van der Waals surface area (Å²) >= 11 is 0. The minimum Gasteiger partial charge on any atom is -0.465 e. The maximum absolute atomic E-state index is 12.1. The van der Waals surface area contributed by atoms with Gasteiger partial charge in [0, 0.05) is 35.6 Å². The number of rotatable bonds is 0. The third-order valence-corrected chi connectivity index (χ3v) is 6.21. The molecule has 0 aliphatic carbocycles. The molecule has 114 valence electrons. The van der Waals surface area contributed by atoms with Crippen molar-refractivity contribution >= 4 is 16.9 Å². The van der Waals surface area contributed by atoms with Crippen LogP contribution in [0.3, 0.4) is 0 Å². The number of ether oxygens (including phenoxy) is 1. The van der Waals surface area contributed by atoms with Crippen molar-refractivity contribution in [3.05, 3.63) is 35.5 Å². The Morgan fingerprint density at radius 1 is 1.23 bits per heavy atom. The Hall–Kier alpha value is -1.81. The van der Waals surface area contributed by atoms with Crippen LogP contribution in [0.25, 0.3) is 10.9 Å². The summed E-state index contributed by atoms with van der Waals surface area (Å²) in [5.74, 6) is 0.480. The number of para-hydroxylation sites is 1. The first-order valence-electron chi connectivity index (χ1n) is 8.11. The highest BCUT2D eigenvalue weighted by atomic mass is 16.5. The summed E-state index contributed by atoms with van der Waals surface area (Å²) in [6, 6.07) is 9.43. The molecular formula is C18H20N2O2. The van der Waals surface area contributed by atoms with Crippen LogP contribution in [0.1, 0.15) is 23.7 Å². The third-order valence-electron chi connectivity index (χ3n) is 6.21. The summed E-state index contributed by atoms with van der Waals surface area (Å²) in [6.07, 6.45) is 1.93. The molecule has 2 bridgehead atoms. The van der Waals surface area contributed by atoms with E-state index < -0.39 is 0 Å². The van der Waals surface area contributed by atoms with Crippen molar-refractivity contribution in [2.24, 2.45) is 18.9 Å². The Labute approximate surface area is 129 Å². The molecule has 4 atom stereocenters. The number of aromatic nitrogens is 1. The lowest BCUT2D eigenvalue weighted by atomic mass is 9.72. The number of carbonyl (C=O) groups excluding carboxylic acids is 1. The number of aryl methyl sites for hydroxylation is 1. The van der Waals surface area contributed by atoms with E-state index in [4.69, 9.17) is 4.74 Å². The molecule has 0 unspecified atom stereocenters. The average molecular weight is 296 g/mol. The van der Waals surface area contributed by atoms with Gasteiger partial charge in [-0.1, -0.05) is 18.2 Å². The van der Waals surface area contributed by atoms with E-state index in [1.165, 1.54) is 22.2 Å². The molecule has 1 aromatic heterocycles. The van der Waals surface area contributed by atoms with Gasteiger partial charge in [-0.3, -0.25) is 9.69 Å². The molecular weight excluding hydrogens is 276 g/mol. The zero-order valence-electron chi connectivity index (χ0n) is 13.0. The Morgan fingerprint density at radius 2 is 2.05 bits per heavy atom. The van der Waals surface area contributed by atoms with Crippen molar-refractivity contribution in [2.75, 3.05) is 13.7 Å². The molecule has 2 saturated heterocycles. The van der Waals surface area contributed by atoms with Gasteiger partial charge in [-0.25, -0.2) is 0 Å². The second-order valence-electron chi connectivity index (χ2n) is 7.03. The first-order valence-corrected chi connectivity index (χ1v) is 8.11. The van der Waals surface area contributed by atoms with Crippen LogP contribution in [0.5, 0.6) is 0 Å². The highest BCUT2D eigenvalue weighted by Crippen LogP contribution is 2.50. The minimum absolute atomic E-state index is 0.0234. The summed E-state index contributed by atoms with van der Waals surface area (Å²) < 4.78 is 7.71. The van der Waals surface area contributed by atoms with Crippen molar-refractivity contribution < 1.29 is 9.53 Å². The summed E-state index contributed by atoms with van der Waals surface area (Å²) in [5, 5.41) is 1.38. The number of esters is 1. The predicted octanol–water partition coefficient (Wildman–Crippen LogP) is 2.27. The van der Waals surface area contributed by atoms with Gasteiger partial charge < -0.3 is 9.30 Å². The Morgan fingerprint density at radius 3 is 2.91 bits per heavy atom. The van der Waals surface area contributed by atoms with Gasteiger partial charge in [0.05, 0.1) is 18.6 Å². The minimum atomic E-state index is 0.0234. The fourth-order valence-electron chi connectivity index (χ4n) is 5.11. The molecule has 22 heavy (non-hydrogen) atoms. The molecule has 2 fully saturated rings. The number of carbonyl (C=O) groups is 1. The normalized spacial score (nSPS) is 33.6. The second kappa shape index (κ2) is 4.13. The number of likely N-dealkylation sites (N-methyl/N-ethyl adjacent to an activating group) is 1. The lowest BCUT2D eigenvalue weighted by Gasteiger charge is -2.48. The van der Waals surface area contributed by atoms with Gasteiger partial charge in [-0.2, -0.15) is 0 Å². The molecule has 0 spiro atoms. The monoisotopic (exact) mass is 296 g/mol. The second-order valence-corrected chi connectivity index (χ2v) is 7.03. The van der Waals surface area contributed by atoms with Crippen molar-refractivity contribution in [3.63, 3.8) is 0 Å². The smallest absolute Gasteiger partial charge is 0.309 e. The molecule has 1 aromatic carbocycles. The largest absolute Gasteiger partial charge is 0.465 e. The van der Waals surface area contributed by atoms with Gasteiger partial charge in [-0.05, 0) is 31.5 Å². The van der Waals surface area contributed by atoms with Gasteiger partial charge in [0.1, 0.15) is 0 Å². The first kappa shape index (κ1) is 12.7. The number of benzene rings is 1. The van der Waals surface area contributed by atoms with Gasteiger partial charge in [-0.15, -0.1) is 0 Å². The molecule has 4 heterocycles. The summed E-state index contributed by atoms with van der Waals surface area (Å²) in [7, 11) is 4.38. The van der Waals surface area contributed by atoms with Crippen LogP contribution >= 0.6 is 0 Å². The molecule has 2 aromatic rings. The highest BCUT2D eigenvalue weighted by molar-refractivity contribution is 5.86. The SMILES string of the molecule is CN1[C@@H]2Cc3c(n(C)c4ccccc34)[C@@H]1C[C@H]1C(=O)OC[C@@H]21. The van der Waals surface area contributed by atoms with E-state index in [-0.39, 0.29) is 11.9 Å². The molecule has 0 saturated carbocycles. The maximum atomic E-state index is 12.1. The number of hydrogen-bond donors (Lipinski definition) is 0. The quantitative estimate of drug-likeness (QED) is 0.700. The lowest BCUT2D eigenvalue weighted by molar-refractivity contribution is -0.142. The van der Waals surface area contributed by atoms with Gasteiger partial charge in [0.15, 0.2) is 0 Å². The molecule has 4 heteroatoms. The summed E-state index contributed by atoms with van der Waals surface area (Å²) in [4.78, 5) is 14.6. The van der Waals surface area contributed by atoms with Crippen molar-refractivity contribution in [1.29, 1.82) is 0 Å². The third kappa shape index (κ3) is 1.39. The Balaban J connectivity index is 1.73. The first-order chi connectivity index (χ1) is 10.7. The zero-order chi connectivity index (χ0) is 15.0. The molecule has 4 nitrogen and oxygen atoms in total. The van der Waals surface area contributed by atoms with E-state index in [1.54, 1.807) is 0 Å². The lowest BCUT2D eigenvalue weighted by Crippen LogP contribution is -2.53. The fourth-order valence-corrected chi connectivity index (χ4v) is 5.11. The number of cyclic esters (lactones) is 1. The molecule has 0 amide bonds. The molecule has 3 aliphatic heterocycles. The van der Waals surface area contributed by atoms with Crippen LogP contribution in [-0.2, 0) is 23.0 Å². The summed E-state index contributed by atoms with van der Waals surface area (Å²) in [6.45, 7) is 0.603. The van der Waals surface area contributed by atoms with E-state index in [1.807, 2.05) is 0 Å². The zero-order valence-corrected chi connectivity index (χ0v) is 13.0. The van der Waals surface area contributed by atoms with Crippen molar-refractivity contribution in [3.8, 4) is 0 Å². The topological polar surface area (TPSA) is 34.5 Å². The Kier molecular flexibility index (Phi) is 2.39. The van der Waals surface area contributed by atoms with E-state index >= 15 is 0 Å². The van der Waals surface area contributed by atoms with E-state index in [0.717, 1.165) is 12.8 Å². The predicted molar refractivity (Wildman–Crippen MR) is 83.5 cm³/mol. The van der Waals surface area contributed by atoms with Crippen LogP contribution in [0.4, 0.5) is 0 Å². The van der Waals surface area contributed by atoms with E-state index in [2.05, 4.69) is 47.8 Å². The molecule has 0 radical (unpaired) electrons. The van der Waals surface area contributed by atoms with Gasteiger partial charge in [0.2, 0.25) is 0 Å². The van der Waals surface area contributed by atoms with Crippen LogP contribution in [-0.4, -0.2) is 35.1 Å². The van der Waals surface area contributed by atoms with E-state index in [9.17, 15) is 4.79 Å². The molecule has 3 aliphatic rings. The molecule has 5 rings (SSSR count). The van der Waals surface area contributed by atoms with Crippen LogP contribution in [0.15, 0.2) is 24.3 Å². The van der Waals surface area contributed by atoms with Gasteiger partial charge in [0.25, 0.3) is 0 Å². The fraction of sp³-hybridized carbons (Fsp3) is 0.500. The van der Waals surface area contributed by atoms with Crippen molar-refractivity contribution in [1.82, 2.24) is 9.47 Å². The number of fused-ring (bicyclic) bond motifs is 8. The Bertz CT molecular complexity index is 794. The number of piperidine rings is 1. The average Bonchev–Trinajstić information content (AvgIpc) is 3.00. The number of hydrogen-bond acceptors (Lipinski definition) is 3. The van der Waals surface area contributed by atoms with Crippen LogP contribution in [0, 0.1) is 11.8 Å². The van der Waals surface area contributed by atoms with Crippen LogP contribution < -0.4 is 0 Å². The van der Waals surface area contributed by atoms with E-state index in [0.29, 0.717) is 24.6 Å².